The predicted octanol–water partition coefficient (Wildman–Crippen LogP) is 8.42. The van der Waals surface area contributed by atoms with Crippen molar-refractivity contribution in [1.82, 2.24) is 0 Å². The zero-order chi connectivity index (χ0) is 34.6. The molecule has 0 saturated carbocycles. The molecule has 0 bridgehead atoms. The number of alkyl halides is 3. The summed E-state index contributed by atoms with van der Waals surface area (Å²) >= 11 is 0. The second-order valence-electron chi connectivity index (χ2n) is 11.1. The number of ether oxygens (including phenoxy) is 5. The van der Waals surface area contributed by atoms with Crippen LogP contribution >= 0.6 is 0 Å². The Balaban J connectivity index is 1.27. The average molecular weight is 681 g/mol. The van der Waals surface area contributed by atoms with Crippen LogP contribution in [0, 0.1) is 0 Å². The topological polar surface area (TPSA) is 102 Å². The van der Waals surface area contributed by atoms with Crippen LogP contribution in [0.5, 0.6) is 23.0 Å². The van der Waals surface area contributed by atoms with E-state index in [-0.39, 0.29) is 22.6 Å². The number of halogens is 3. The third-order valence-corrected chi connectivity index (χ3v) is 7.48. The Morgan fingerprint density at radius 1 is 0.776 bits per heavy atom. The molecule has 1 heterocycles. The van der Waals surface area contributed by atoms with E-state index in [2.05, 4.69) is 4.74 Å². The van der Waals surface area contributed by atoms with Gasteiger partial charge in [0.25, 0.3) is 0 Å². The molecular formula is C37H35F3O9. The van der Waals surface area contributed by atoms with Gasteiger partial charge in [0.1, 0.15) is 29.1 Å². The number of carbonyl (C=O) groups is 2. The lowest BCUT2D eigenvalue weighted by Gasteiger charge is -2.20. The van der Waals surface area contributed by atoms with E-state index in [1.54, 1.807) is 48.5 Å². The lowest BCUT2D eigenvalue weighted by Crippen LogP contribution is -2.17. The minimum atomic E-state index is -4.87. The van der Waals surface area contributed by atoms with Crippen LogP contribution in [0.25, 0.3) is 0 Å². The Kier molecular flexibility index (Phi) is 12.3. The summed E-state index contributed by atoms with van der Waals surface area (Å²) in [6, 6.07) is 24.2. The van der Waals surface area contributed by atoms with Gasteiger partial charge in [-0.05, 0) is 85.1 Å². The Morgan fingerprint density at radius 3 is 2.02 bits per heavy atom. The molecule has 4 aromatic carbocycles. The van der Waals surface area contributed by atoms with Crippen molar-refractivity contribution in [3.05, 3.63) is 119 Å². The Bertz CT molecular complexity index is 1660. The van der Waals surface area contributed by atoms with Gasteiger partial charge in [-0.2, -0.15) is 0 Å². The molecule has 2 unspecified atom stereocenters. The Hall–Kier alpha value is -4.91. The zero-order valence-electron chi connectivity index (χ0n) is 26.7. The summed E-state index contributed by atoms with van der Waals surface area (Å²) in [5.74, 6) is -1.18. The van der Waals surface area contributed by atoms with E-state index in [1.165, 1.54) is 25.3 Å². The highest BCUT2D eigenvalue weighted by molar-refractivity contribution is 5.92. The van der Waals surface area contributed by atoms with Crippen molar-refractivity contribution in [2.75, 3.05) is 20.3 Å². The van der Waals surface area contributed by atoms with Gasteiger partial charge in [0.05, 0.1) is 37.6 Å². The predicted molar refractivity (Wildman–Crippen MR) is 171 cm³/mol. The molecule has 4 aromatic rings. The van der Waals surface area contributed by atoms with E-state index in [0.29, 0.717) is 29.6 Å². The monoisotopic (exact) mass is 680 g/mol. The van der Waals surface area contributed by atoms with Gasteiger partial charge in [-0.3, -0.25) is 0 Å². The first-order valence-corrected chi connectivity index (χ1v) is 15.7. The molecule has 49 heavy (non-hydrogen) atoms. The van der Waals surface area contributed by atoms with Crippen LogP contribution in [0.4, 0.5) is 13.2 Å². The van der Waals surface area contributed by atoms with Crippen LogP contribution in [0.15, 0.2) is 97.1 Å². The van der Waals surface area contributed by atoms with Crippen molar-refractivity contribution in [3.8, 4) is 23.0 Å². The number of benzene rings is 4. The van der Waals surface area contributed by atoms with E-state index in [1.807, 2.05) is 6.07 Å². The summed E-state index contributed by atoms with van der Waals surface area (Å²) in [6.45, 7) is 1.46. The number of epoxide rings is 1. The third kappa shape index (κ3) is 11.1. The molecule has 1 aliphatic rings. The molecule has 0 aliphatic carbocycles. The van der Waals surface area contributed by atoms with Crippen molar-refractivity contribution in [1.29, 1.82) is 0 Å². The van der Waals surface area contributed by atoms with Gasteiger partial charge in [-0.1, -0.05) is 49.6 Å². The van der Waals surface area contributed by atoms with Crippen molar-refractivity contribution in [2.24, 2.45) is 0 Å². The minimum Gasteiger partial charge on any atom is -0.494 e. The molecule has 258 valence electrons. The first kappa shape index (κ1) is 35.4. The summed E-state index contributed by atoms with van der Waals surface area (Å²) in [7, 11) is 1.33. The summed E-state index contributed by atoms with van der Waals surface area (Å²) in [5.41, 5.74) is 1.19. The average Bonchev–Trinajstić information content (AvgIpc) is 3.92. The van der Waals surface area contributed by atoms with Gasteiger partial charge in [0.15, 0.2) is 0 Å². The molecule has 1 saturated heterocycles. The van der Waals surface area contributed by atoms with Gasteiger partial charge in [-0.15, -0.1) is 13.2 Å². The molecule has 9 nitrogen and oxygen atoms in total. The Labute approximate surface area is 281 Å². The first-order chi connectivity index (χ1) is 23.7. The molecule has 5 rings (SSSR count). The summed E-state index contributed by atoms with van der Waals surface area (Å²) in [6.07, 6.45) is 0.0965. The van der Waals surface area contributed by atoms with Crippen molar-refractivity contribution in [2.45, 2.75) is 50.7 Å². The van der Waals surface area contributed by atoms with Crippen LogP contribution in [-0.2, 0) is 14.5 Å². The largest absolute Gasteiger partial charge is 0.573 e. The first-order valence-electron chi connectivity index (χ1n) is 15.7. The maximum Gasteiger partial charge on any atom is 0.573 e. The number of rotatable bonds is 17. The molecule has 2 atom stereocenters. The van der Waals surface area contributed by atoms with Crippen LogP contribution in [0.3, 0.4) is 0 Å². The molecule has 0 spiro atoms. The van der Waals surface area contributed by atoms with Crippen LogP contribution in [0.1, 0.15) is 70.1 Å². The van der Waals surface area contributed by atoms with E-state index in [4.69, 9.17) is 28.7 Å². The molecule has 0 N–H and O–H groups in total. The number of unbranched alkanes of at least 4 members (excludes halogenated alkanes) is 3. The van der Waals surface area contributed by atoms with E-state index in [0.717, 1.165) is 63.0 Å². The molecule has 0 aromatic heterocycles. The SMILES string of the molecule is COOC(c1ccccc1)c1cc(OC(=O)c2ccc(OC(F)(F)F)cc2)ccc1OC(=O)c1ccc(OCCCCCCC2CO2)cc1. The smallest absolute Gasteiger partial charge is 0.494 e. The number of carbonyl (C=O) groups excluding carboxylic acids is 2. The fourth-order valence-electron chi connectivity index (χ4n) is 4.96. The third-order valence-electron chi connectivity index (χ3n) is 7.48. The van der Waals surface area contributed by atoms with E-state index < -0.39 is 30.2 Å². The molecule has 1 fully saturated rings. The second-order valence-corrected chi connectivity index (χ2v) is 11.1. The van der Waals surface area contributed by atoms with Crippen molar-refractivity contribution >= 4 is 11.9 Å². The fraction of sp³-hybridized carbons (Fsp3) is 0.297. The summed E-state index contributed by atoms with van der Waals surface area (Å²) < 4.78 is 63.8. The number of hydrogen-bond donors (Lipinski definition) is 0. The van der Waals surface area contributed by atoms with Gasteiger partial charge in [-0.25, -0.2) is 19.4 Å². The highest BCUT2D eigenvalue weighted by Gasteiger charge is 2.31. The van der Waals surface area contributed by atoms with Gasteiger partial charge in [0.2, 0.25) is 0 Å². The highest BCUT2D eigenvalue weighted by Crippen LogP contribution is 2.37. The zero-order valence-corrected chi connectivity index (χ0v) is 26.7. The highest BCUT2D eigenvalue weighted by atomic mass is 19.4. The van der Waals surface area contributed by atoms with Gasteiger partial charge < -0.3 is 23.7 Å². The van der Waals surface area contributed by atoms with E-state index in [9.17, 15) is 22.8 Å². The van der Waals surface area contributed by atoms with Gasteiger partial charge >= 0.3 is 18.3 Å². The fourth-order valence-corrected chi connectivity index (χ4v) is 4.96. The normalized spacial score (nSPS) is 14.5. The van der Waals surface area contributed by atoms with Crippen molar-refractivity contribution in [3.63, 3.8) is 0 Å². The Morgan fingerprint density at radius 2 is 1.39 bits per heavy atom. The lowest BCUT2D eigenvalue weighted by atomic mass is 10.00. The molecule has 1 aliphatic heterocycles. The molecule has 0 amide bonds. The maximum atomic E-state index is 13.3. The van der Waals surface area contributed by atoms with Crippen molar-refractivity contribution < 1.29 is 56.2 Å². The molecule has 0 radical (unpaired) electrons. The minimum absolute atomic E-state index is 0.0221. The summed E-state index contributed by atoms with van der Waals surface area (Å²) in [4.78, 5) is 36.7. The number of hydrogen-bond acceptors (Lipinski definition) is 9. The maximum absolute atomic E-state index is 13.3. The van der Waals surface area contributed by atoms with Crippen LogP contribution in [0.2, 0.25) is 0 Å². The quantitative estimate of drug-likeness (QED) is 0.0272. The molecule has 12 heteroatoms. The molecular weight excluding hydrogens is 645 g/mol. The van der Waals surface area contributed by atoms with Gasteiger partial charge in [0, 0.05) is 5.56 Å². The van der Waals surface area contributed by atoms with Crippen LogP contribution in [-0.4, -0.2) is 44.7 Å². The van der Waals surface area contributed by atoms with E-state index >= 15 is 0 Å². The number of esters is 2. The lowest BCUT2D eigenvalue weighted by molar-refractivity contribution is -0.298. The summed E-state index contributed by atoms with van der Waals surface area (Å²) in [5, 5.41) is 0. The standard InChI is InChI=1S/C37H35F3O9/c1-43-49-34(25-9-5-4-6-10-25)32-23-30(46-35(41)26-14-18-29(19-15-26)48-37(38,39)40)20-21-33(32)47-36(42)27-12-16-28(17-13-27)44-22-8-3-2-7-11-31-24-45-31/h4-6,9-10,12-21,23,31,34H,2-3,7-8,11,22,24H2,1H3. The van der Waals surface area contributed by atoms with Crippen LogP contribution < -0.4 is 18.9 Å². The second kappa shape index (κ2) is 17.0.